The lowest BCUT2D eigenvalue weighted by molar-refractivity contribution is -0.384. The van der Waals surface area contributed by atoms with Crippen LogP contribution in [0.1, 0.15) is 23.1 Å². The molecule has 8 nitrogen and oxygen atoms in total. The predicted octanol–water partition coefficient (Wildman–Crippen LogP) is 4.62. The van der Waals surface area contributed by atoms with Gasteiger partial charge < -0.3 is 19.7 Å². The van der Waals surface area contributed by atoms with E-state index < -0.39 is 17.7 Å². The van der Waals surface area contributed by atoms with Crippen LogP contribution >= 0.6 is 0 Å². The van der Waals surface area contributed by atoms with E-state index in [4.69, 9.17) is 9.47 Å². The summed E-state index contributed by atoms with van der Waals surface area (Å²) >= 11 is 0. The van der Waals surface area contributed by atoms with E-state index >= 15 is 0 Å². The molecule has 1 amide bonds. The van der Waals surface area contributed by atoms with E-state index in [1.165, 1.54) is 25.3 Å². The summed E-state index contributed by atoms with van der Waals surface area (Å²) in [5.74, 6) is 0.175. The van der Waals surface area contributed by atoms with Crippen molar-refractivity contribution in [2.45, 2.75) is 33.0 Å². The second-order valence-corrected chi connectivity index (χ2v) is 7.64. The van der Waals surface area contributed by atoms with Gasteiger partial charge in [-0.2, -0.15) is 13.2 Å². The van der Waals surface area contributed by atoms with Gasteiger partial charge in [0.1, 0.15) is 11.5 Å². The number of nitro benzene ring substituents is 1. The lowest BCUT2D eigenvalue weighted by Gasteiger charge is -2.19. The largest absolute Gasteiger partial charge is 0.495 e. The number of carbonyl (C=O) groups excluding carboxylic acids is 1. The van der Waals surface area contributed by atoms with E-state index in [1.807, 2.05) is 4.90 Å². The van der Waals surface area contributed by atoms with Crippen LogP contribution in [-0.4, -0.2) is 49.2 Å². The van der Waals surface area contributed by atoms with Gasteiger partial charge in [0.2, 0.25) is 5.91 Å². The zero-order valence-corrected chi connectivity index (χ0v) is 18.8. The number of ether oxygens (including phenoxy) is 2. The number of alkyl halides is 3. The highest BCUT2D eigenvalue weighted by atomic mass is 19.4. The number of aryl methyl sites for hydroxylation is 2. The van der Waals surface area contributed by atoms with Crippen molar-refractivity contribution < 1.29 is 32.4 Å². The van der Waals surface area contributed by atoms with Gasteiger partial charge in [0.05, 0.1) is 17.7 Å². The van der Waals surface area contributed by atoms with Gasteiger partial charge >= 0.3 is 6.18 Å². The Balaban J connectivity index is 1.95. The third kappa shape index (κ3) is 7.94. The Morgan fingerprint density at radius 2 is 1.82 bits per heavy atom. The Hall–Kier alpha value is -3.34. The van der Waals surface area contributed by atoms with Gasteiger partial charge in [0.15, 0.2) is 6.61 Å². The average molecular weight is 469 g/mol. The number of nitro groups is 1. The Bertz CT molecular complexity index is 988. The van der Waals surface area contributed by atoms with Crippen LogP contribution in [0.2, 0.25) is 0 Å². The van der Waals surface area contributed by atoms with Crippen molar-refractivity contribution >= 4 is 17.3 Å². The first-order chi connectivity index (χ1) is 15.4. The zero-order valence-electron chi connectivity index (χ0n) is 18.8. The number of carbonyl (C=O) groups is 1. The molecule has 0 saturated carbocycles. The molecule has 0 unspecified atom stereocenters. The molecular formula is C22H26F3N3O5. The van der Waals surface area contributed by atoms with E-state index in [0.29, 0.717) is 30.0 Å². The van der Waals surface area contributed by atoms with Crippen molar-refractivity contribution in [3.8, 4) is 11.5 Å². The summed E-state index contributed by atoms with van der Waals surface area (Å²) < 4.78 is 47.4. The summed E-state index contributed by atoms with van der Waals surface area (Å²) in [4.78, 5) is 24.6. The minimum absolute atomic E-state index is 0.118. The number of hydrogen-bond acceptors (Lipinski definition) is 6. The molecule has 0 aromatic heterocycles. The second kappa shape index (κ2) is 11.0. The van der Waals surface area contributed by atoms with Crippen LogP contribution in [0.25, 0.3) is 0 Å². The van der Waals surface area contributed by atoms with Gasteiger partial charge in [-0.05, 0) is 43.7 Å². The number of methoxy groups -OCH3 is 1. The van der Waals surface area contributed by atoms with Crippen molar-refractivity contribution in [1.82, 2.24) is 4.90 Å². The third-order valence-corrected chi connectivity index (χ3v) is 4.74. The lowest BCUT2D eigenvalue weighted by Crippen LogP contribution is -2.24. The molecule has 2 aromatic rings. The van der Waals surface area contributed by atoms with Crippen molar-refractivity contribution in [3.63, 3.8) is 0 Å². The summed E-state index contributed by atoms with van der Waals surface area (Å²) in [6, 6.07) is 7.43. The Kier molecular flexibility index (Phi) is 8.63. The number of rotatable bonds is 10. The number of hydrogen-bond donors (Lipinski definition) is 1. The van der Waals surface area contributed by atoms with E-state index in [1.54, 1.807) is 33.0 Å². The molecule has 0 bridgehead atoms. The lowest BCUT2D eigenvalue weighted by atomic mass is 10.1. The Morgan fingerprint density at radius 3 is 2.36 bits per heavy atom. The average Bonchev–Trinajstić information content (AvgIpc) is 2.70. The maximum atomic E-state index is 12.4. The fourth-order valence-corrected chi connectivity index (χ4v) is 3.32. The van der Waals surface area contributed by atoms with E-state index in [0.717, 1.165) is 5.56 Å². The topological polar surface area (TPSA) is 93.9 Å². The van der Waals surface area contributed by atoms with Crippen LogP contribution in [0.3, 0.4) is 0 Å². The maximum absolute atomic E-state index is 12.4. The summed E-state index contributed by atoms with van der Waals surface area (Å²) in [7, 11) is 3.20. The first kappa shape index (κ1) is 25.9. The third-order valence-electron chi connectivity index (χ3n) is 4.74. The van der Waals surface area contributed by atoms with Gasteiger partial charge in [-0.15, -0.1) is 0 Å². The molecule has 0 aliphatic rings. The van der Waals surface area contributed by atoms with Crippen molar-refractivity contribution in [2.75, 3.05) is 32.6 Å². The minimum atomic E-state index is -4.41. The van der Waals surface area contributed by atoms with E-state index in [-0.39, 0.29) is 29.5 Å². The molecule has 1 N–H and O–H groups in total. The maximum Gasteiger partial charge on any atom is 0.422 e. The van der Waals surface area contributed by atoms with Crippen LogP contribution in [0, 0.1) is 24.0 Å². The van der Waals surface area contributed by atoms with E-state index in [9.17, 15) is 28.1 Å². The molecule has 0 atom stereocenters. The molecule has 33 heavy (non-hydrogen) atoms. The van der Waals surface area contributed by atoms with Crippen LogP contribution in [-0.2, 0) is 11.3 Å². The molecule has 2 aromatic carbocycles. The van der Waals surface area contributed by atoms with Gasteiger partial charge in [0, 0.05) is 31.6 Å². The molecule has 180 valence electrons. The molecule has 0 saturated heterocycles. The summed E-state index contributed by atoms with van der Waals surface area (Å²) in [6.45, 7) is 2.87. The molecule has 0 radical (unpaired) electrons. The standard InChI is InChI=1S/C22H26F3N3O5/c1-14-9-16(10-15(2)21(14)33-13-22(23,24)25)12-27(3)8-7-20(29)26-18-11-17(28(30)31)5-6-19(18)32-4/h5-6,9-11H,7-8,12-13H2,1-4H3,(H,26,29). The number of nitrogens with one attached hydrogen (secondary N) is 1. The predicted molar refractivity (Wildman–Crippen MR) is 117 cm³/mol. The van der Waals surface area contributed by atoms with Crippen LogP contribution in [0.15, 0.2) is 30.3 Å². The van der Waals surface area contributed by atoms with Gasteiger partial charge in [-0.3, -0.25) is 14.9 Å². The molecule has 0 heterocycles. The van der Waals surface area contributed by atoms with E-state index in [2.05, 4.69) is 5.32 Å². The smallest absolute Gasteiger partial charge is 0.422 e. The normalized spacial score (nSPS) is 11.4. The van der Waals surface area contributed by atoms with Crippen LogP contribution in [0.5, 0.6) is 11.5 Å². The molecule has 2 rings (SSSR count). The number of halogens is 3. The first-order valence-electron chi connectivity index (χ1n) is 10.00. The monoisotopic (exact) mass is 469 g/mol. The Morgan fingerprint density at radius 1 is 1.18 bits per heavy atom. The fourth-order valence-electron chi connectivity index (χ4n) is 3.32. The second-order valence-electron chi connectivity index (χ2n) is 7.64. The number of nitrogens with zero attached hydrogens (tertiary/aromatic N) is 2. The molecule has 0 spiro atoms. The number of non-ortho nitro benzene ring substituents is 1. The molecule has 0 aliphatic carbocycles. The van der Waals surface area contributed by atoms with Crippen molar-refractivity contribution in [3.05, 3.63) is 57.1 Å². The highest BCUT2D eigenvalue weighted by Gasteiger charge is 2.29. The minimum Gasteiger partial charge on any atom is -0.495 e. The summed E-state index contributed by atoms with van der Waals surface area (Å²) in [5.41, 5.74) is 2.10. The summed E-state index contributed by atoms with van der Waals surface area (Å²) in [6.07, 6.45) is -4.29. The Labute approximate surface area is 189 Å². The molecule has 0 fully saturated rings. The van der Waals surface area contributed by atoms with Crippen molar-refractivity contribution in [2.24, 2.45) is 0 Å². The molecular weight excluding hydrogens is 443 g/mol. The SMILES string of the molecule is COc1ccc([N+](=O)[O-])cc1NC(=O)CCN(C)Cc1cc(C)c(OCC(F)(F)F)c(C)c1. The highest BCUT2D eigenvalue weighted by Crippen LogP contribution is 2.29. The number of anilines is 1. The fraction of sp³-hybridized carbons (Fsp3) is 0.409. The van der Waals surface area contributed by atoms with Gasteiger partial charge in [-0.1, -0.05) is 12.1 Å². The van der Waals surface area contributed by atoms with Gasteiger partial charge in [0.25, 0.3) is 5.69 Å². The van der Waals surface area contributed by atoms with Crippen LogP contribution < -0.4 is 14.8 Å². The van der Waals surface area contributed by atoms with Crippen molar-refractivity contribution in [1.29, 1.82) is 0 Å². The highest BCUT2D eigenvalue weighted by molar-refractivity contribution is 5.92. The summed E-state index contributed by atoms with van der Waals surface area (Å²) in [5, 5.41) is 13.6. The number of benzene rings is 2. The van der Waals surface area contributed by atoms with Gasteiger partial charge in [-0.25, -0.2) is 0 Å². The molecule has 11 heteroatoms. The quantitative estimate of drug-likeness (QED) is 0.403. The molecule has 0 aliphatic heterocycles. The zero-order chi connectivity index (χ0) is 24.8. The first-order valence-corrected chi connectivity index (χ1v) is 10.00. The number of amides is 1. The van der Waals surface area contributed by atoms with Crippen LogP contribution in [0.4, 0.5) is 24.5 Å².